The van der Waals surface area contributed by atoms with Gasteiger partial charge >= 0.3 is 0 Å². The fourth-order valence-corrected chi connectivity index (χ4v) is 4.99. The van der Waals surface area contributed by atoms with Crippen molar-refractivity contribution in [2.24, 2.45) is 9.98 Å². The fourth-order valence-electron chi connectivity index (χ4n) is 4.99. The number of aliphatic imine (C=N–C) groups is 2. The lowest BCUT2D eigenvalue weighted by atomic mass is 10.0. The van der Waals surface area contributed by atoms with Crippen LogP contribution >= 0.6 is 0 Å². The topological polar surface area (TPSA) is 24.7 Å². The molecule has 0 N–H and O–H groups in total. The van der Waals surface area contributed by atoms with Crippen LogP contribution in [0.1, 0.15) is 129 Å². The quantitative estimate of drug-likeness (QED) is 0.0661. The van der Waals surface area contributed by atoms with Crippen molar-refractivity contribution in [2.45, 2.75) is 130 Å². The van der Waals surface area contributed by atoms with Gasteiger partial charge in [-0.25, -0.2) is 4.99 Å². The summed E-state index contributed by atoms with van der Waals surface area (Å²) in [6.45, 7) is 8.70. The SMILES string of the molecule is CC=CCCc1ccccc1N=C(C#CCCCCCC)C(CCCCCCCC)=Nc1ccccc1CCC=CC. The van der Waals surface area contributed by atoms with E-state index in [-0.39, 0.29) is 0 Å². The van der Waals surface area contributed by atoms with Gasteiger partial charge in [-0.1, -0.05) is 132 Å². The van der Waals surface area contributed by atoms with E-state index in [9.17, 15) is 0 Å². The molecule has 0 radical (unpaired) electrons. The predicted molar refractivity (Wildman–Crippen MR) is 188 cm³/mol. The monoisotopic (exact) mass is 564 g/mol. The number of aryl methyl sites for hydroxylation is 2. The number of nitrogens with zero attached hydrogens (tertiary/aromatic N) is 2. The number of hydrogen-bond donors (Lipinski definition) is 0. The Labute approximate surface area is 258 Å². The number of unbranched alkanes of at least 4 members (excludes halogenated alkanes) is 9. The molecule has 2 heteroatoms. The van der Waals surface area contributed by atoms with E-state index in [0.717, 1.165) is 74.2 Å². The first-order valence-electron chi connectivity index (χ1n) is 16.8. The molecule has 0 saturated carbocycles. The minimum atomic E-state index is 0.848. The van der Waals surface area contributed by atoms with Crippen LogP contribution in [0.4, 0.5) is 11.4 Å². The largest absolute Gasteiger partial charge is 0.250 e. The fraction of sp³-hybridized carbons (Fsp3) is 0.500. The van der Waals surface area contributed by atoms with Crippen LogP contribution in [0, 0.1) is 11.8 Å². The summed E-state index contributed by atoms with van der Waals surface area (Å²) in [4.78, 5) is 10.6. The molecule has 0 fully saturated rings. The minimum absolute atomic E-state index is 0.848. The van der Waals surface area contributed by atoms with Gasteiger partial charge in [-0.15, -0.1) is 0 Å². The van der Waals surface area contributed by atoms with E-state index in [0.29, 0.717) is 0 Å². The Bertz CT molecular complexity index is 1190. The first kappa shape index (κ1) is 35.0. The molecule has 0 spiro atoms. The highest BCUT2D eigenvalue weighted by atomic mass is 14.8. The van der Waals surface area contributed by atoms with Crippen molar-refractivity contribution in [1.82, 2.24) is 0 Å². The van der Waals surface area contributed by atoms with Gasteiger partial charge in [0.05, 0.1) is 17.1 Å². The maximum atomic E-state index is 5.35. The molecule has 0 atom stereocenters. The summed E-state index contributed by atoms with van der Waals surface area (Å²) in [5.74, 6) is 7.03. The molecule has 0 unspecified atom stereocenters. The van der Waals surface area contributed by atoms with Gasteiger partial charge in [-0.05, 0) is 88.0 Å². The molecule has 0 aliphatic heterocycles. The van der Waals surface area contributed by atoms with Gasteiger partial charge in [0.2, 0.25) is 0 Å². The van der Waals surface area contributed by atoms with Gasteiger partial charge in [0, 0.05) is 6.42 Å². The summed E-state index contributed by atoms with van der Waals surface area (Å²) < 4.78 is 0. The normalized spacial score (nSPS) is 12.3. The maximum Gasteiger partial charge on any atom is 0.135 e. The second-order valence-corrected chi connectivity index (χ2v) is 11.1. The van der Waals surface area contributed by atoms with Crippen LogP contribution in [0.5, 0.6) is 0 Å². The predicted octanol–water partition coefficient (Wildman–Crippen LogP) is 12.3. The van der Waals surface area contributed by atoms with Crippen molar-refractivity contribution in [3.05, 3.63) is 84.0 Å². The van der Waals surface area contributed by atoms with Crippen LogP contribution in [-0.2, 0) is 12.8 Å². The average molecular weight is 565 g/mol. The van der Waals surface area contributed by atoms with E-state index in [1.54, 1.807) is 0 Å². The standard InChI is InChI=1S/C40H56N2/c1-5-9-13-15-17-21-33-39(41-37-31-25-23-29-35(37)27-19-11-7-3)40(34-22-18-16-14-10-6-2)42-38-32-26-24-30-36(38)28-20-12-8-4/h7-8,11-12,23-26,29-32H,5-6,9-10,13-21,27-28,33H2,1-4H3. The number of hydrogen-bond acceptors (Lipinski definition) is 2. The van der Waals surface area contributed by atoms with E-state index >= 15 is 0 Å². The van der Waals surface area contributed by atoms with Crippen molar-refractivity contribution in [3.63, 3.8) is 0 Å². The summed E-state index contributed by atoms with van der Waals surface area (Å²) in [6.07, 6.45) is 26.9. The lowest BCUT2D eigenvalue weighted by Crippen LogP contribution is -2.13. The summed E-state index contributed by atoms with van der Waals surface area (Å²) in [7, 11) is 0. The Morgan fingerprint density at radius 1 is 0.643 bits per heavy atom. The van der Waals surface area contributed by atoms with Gasteiger partial charge in [-0.2, -0.15) is 0 Å². The molecule has 2 nitrogen and oxygen atoms in total. The van der Waals surface area contributed by atoms with Gasteiger partial charge in [0.1, 0.15) is 5.71 Å². The molecule has 0 aromatic heterocycles. The summed E-state index contributed by atoms with van der Waals surface area (Å²) in [5.41, 5.74) is 6.52. The average Bonchev–Trinajstić information content (AvgIpc) is 3.01. The Hall–Kier alpha value is -3.18. The molecule has 0 bridgehead atoms. The van der Waals surface area contributed by atoms with Gasteiger partial charge in [0.15, 0.2) is 0 Å². The number of benzene rings is 2. The molecule has 0 aliphatic rings. The van der Waals surface area contributed by atoms with Crippen LogP contribution in [0.15, 0.2) is 82.8 Å². The smallest absolute Gasteiger partial charge is 0.135 e. The molecule has 0 aliphatic carbocycles. The highest BCUT2D eigenvalue weighted by Crippen LogP contribution is 2.25. The molecular formula is C40H56N2. The molecule has 2 aromatic rings. The second-order valence-electron chi connectivity index (χ2n) is 11.1. The molecular weight excluding hydrogens is 508 g/mol. The van der Waals surface area contributed by atoms with Crippen molar-refractivity contribution >= 4 is 22.8 Å². The molecule has 2 rings (SSSR count). The van der Waals surface area contributed by atoms with Crippen LogP contribution in [0.2, 0.25) is 0 Å². The third-order valence-electron chi connectivity index (χ3n) is 7.51. The molecule has 0 heterocycles. The highest BCUT2D eigenvalue weighted by Gasteiger charge is 2.12. The van der Waals surface area contributed by atoms with E-state index < -0.39 is 0 Å². The Balaban J connectivity index is 2.52. The van der Waals surface area contributed by atoms with Crippen molar-refractivity contribution in [1.29, 1.82) is 0 Å². The van der Waals surface area contributed by atoms with E-state index in [1.807, 2.05) is 0 Å². The van der Waals surface area contributed by atoms with Gasteiger partial charge in [0.25, 0.3) is 0 Å². The zero-order valence-electron chi connectivity index (χ0n) is 27.1. The van der Waals surface area contributed by atoms with Crippen molar-refractivity contribution in [3.8, 4) is 11.8 Å². The summed E-state index contributed by atoms with van der Waals surface area (Å²) >= 11 is 0. The zero-order valence-corrected chi connectivity index (χ0v) is 27.1. The maximum absolute atomic E-state index is 5.35. The van der Waals surface area contributed by atoms with Crippen LogP contribution in [-0.4, -0.2) is 11.4 Å². The van der Waals surface area contributed by atoms with E-state index in [4.69, 9.17) is 9.98 Å². The van der Waals surface area contributed by atoms with Crippen LogP contribution < -0.4 is 0 Å². The molecule has 42 heavy (non-hydrogen) atoms. The summed E-state index contributed by atoms with van der Waals surface area (Å²) in [5, 5.41) is 0. The van der Waals surface area contributed by atoms with Crippen LogP contribution in [0.25, 0.3) is 0 Å². The van der Waals surface area contributed by atoms with Gasteiger partial charge < -0.3 is 0 Å². The third-order valence-corrected chi connectivity index (χ3v) is 7.51. The number of rotatable bonds is 20. The first-order valence-corrected chi connectivity index (χ1v) is 16.8. The number of para-hydroxylation sites is 2. The van der Waals surface area contributed by atoms with E-state index in [1.165, 1.54) is 62.5 Å². The lowest BCUT2D eigenvalue weighted by Gasteiger charge is -2.11. The molecule has 2 aromatic carbocycles. The van der Waals surface area contributed by atoms with E-state index in [2.05, 4.69) is 112 Å². The minimum Gasteiger partial charge on any atom is -0.250 e. The molecule has 0 amide bonds. The molecule has 226 valence electrons. The van der Waals surface area contributed by atoms with Gasteiger partial charge in [-0.3, -0.25) is 4.99 Å². The van der Waals surface area contributed by atoms with Crippen molar-refractivity contribution in [2.75, 3.05) is 0 Å². The lowest BCUT2D eigenvalue weighted by molar-refractivity contribution is 0.616. The highest BCUT2D eigenvalue weighted by molar-refractivity contribution is 6.49. The Morgan fingerprint density at radius 2 is 1.17 bits per heavy atom. The van der Waals surface area contributed by atoms with Crippen molar-refractivity contribution < 1.29 is 0 Å². The zero-order chi connectivity index (χ0) is 30.1. The summed E-state index contributed by atoms with van der Waals surface area (Å²) in [6, 6.07) is 17.2. The third kappa shape index (κ3) is 14.6. The Kier molecular flexibility index (Phi) is 19.5. The number of allylic oxidation sites excluding steroid dienone is 4. The Morgan fingerprint density at radius 3 is 1.76 bits per heavy atom. The molecule has 0 saturated heterocycles. The first-order chi connectivity index (χ1) is 20.7. The second kappa shape index (κ2) is 23.4. The van der Waals surface area contributed by atoms with Crippen LogP contribution in [0.3, 0.4) is 0 Å².